The van der Waals surface area contributed by atoms with Gasteiger partial charge in [-0.1, -0.05) is 23.7 Å². The molecule has 0 spiro atoms. The van der Waals surface area contributed by atoms with Gasteiger partial charge in [0.25, 0.3) is 11.2 Å². The molecule has 0 aliphatic heterocycles. The molecule has 0 radical (unpaired) electrons. The number of nitro groups is 1. The Kier molecular flexibility index (Phi) is 6.37. The Balaban J connectivity index is 1.85. The minimum atomic E-state index is -0.738. The lowest BCUT2D eigenvalue weighted by molar-refractivity contribution is -0.385. The van der Waals surface area contributed by atoms with Crippen LogP contribution in [0.25, 0.3) is 0 Å². The number of ketones is 1. The lowest BCUT2D eigenvalue weighted by atomic mass is 10.1. The molecule has 9 heteroatoms. The van der Waals surface area contributed by atoms with E-state index in [0.717, 1.165) is 40.2 Å². The van der Waals surface area contributed by atoms with Crippen molar-refractivity contribution < 1.29 is 9.72 Å². The van der Waals surface area contributed by atoms with E-state index in [0.29, 0.717) is 17.1 Å². The average molecular weight is 439 g/mol. The molecule has 1 aromatic carbocycles. The zero-order valence-corrected chi connectivity index (χ0v) is 17.7. The summed E-state index contributed by atoms with van der Waals surface area (Å²) < 4.78 is 2.93. The molecule has 0 saturated heterocycles. The molecule has 158 valence electrons. The molecule has 2 aromatic heterocycles. The van der Waals surface area contributed by atoms with Crippen molar-refractivity contribution >= 4 is 23.1 Å². The summed E-state index contributed by atoms with van der Waals surface area (Å²) in [5.74, 6) is -0.364. The maximum absolute atomic E-state index is 12.9. The van der Waals surface area contributed by atoms with E-state index in [-0.39, 0.29) is 11.3 Å². The summed E-state index contributed by atoms with van der Waals surface area (Å²) in [4.78, 5) is 35.6. The van der Waals surface area contributed by atoms with Crippen LogP contribution in [-0.4, -0.2) is 19.8 Å². The molecule has 0 saturated carbocycles. The summed E-state index contributed by atoms with van der Waals surface area (Å²) in [6, 6.07) is 11.8. The number of aromatic nitrogens is 2. The largest absolute Gasteiger partial charge is 0.348 e. The van der Waals surface area contributed by atoms with Gasteiger partial charge in [0.05, 0.1) is 17.7 Å². The maximum atomic E-state index is 12.9. The van der Waals surface area contributed by atoms with Gasteiger partial charge in [0.15, 0.2) is 5.78 Å². The Morgan fingerprint density at radius 3 is 2.52 bits per heavy atom. The Labute approximate surface area is 183 Å². The molecular formula is C22H19ClN4O4. The van der Waals surface area contributed by atoms with Crippen molar-refractivity contribution in [3.8, 4) is 6.07 Å². The second kappa shape index (κ2) is 8.98. The van der Waals surface area contributed by atoms with Crippen molar-refractivity contribution in [1.29, 1.82) is 5.26 Å². The summed E-state index contributed by atoms with van der Waals surface area (Å²) in [6.07, 6.45) is 1.73. The van der Waals surface area contributed by atoms with Crippen molar-refractivity contribution in [2.24, 2.45) is 0 Å². The molecule has 0 bridgehead atoms. The maximum Gasteiger partial charge on any atom is 0.287 e. The van der Waals surface area contributed by atoms with E-state index < -0.39 is 22.7 Å². The number of rotatable bonds is 7. The lowest BCUT2D eigenvalue weighted by Gasteiger charge is -2.10. The van der Waals surface area contributed by atoms with E-state index in [9.17, 15) is 19.7 Å². The average Bonchev–Trinajstić information content (AvgIpc) is 3.02. The van der Waals surface area contributed by atoms with E-state index in [1.165, 1.54) is 0 Å². The Morgan fingerprint density at radius 2 is 1.90 bits per heavy atom. The number of nitrogens with zero attached hydrogens (tertiary/aromatic N) is 4. The number of hydrogen-bond acceptors (Lipinski definition) is 5. The van der Waals surface area contributed by atoms with Crippen molar-refractivity contribution in [2.75, 3.05) is 0 Å². The Bertz CT molecular complexity index is 1270. The Morgan fingerprint density at radius 1 is 1.23 bits per heavy atom. The second-order valence-electron chi connectivity index (χ2n) is 7.15. The van der Waals surface area contributed by atoms with Gasteiger partial charge in [0.2, 0.25) is 0 Å². The lowest BCUT2D eigenvalue weighted by Crippen LogP contribution is -2.26. The van der Waals surface area contributed by atoms with Gasteiger partial charge in [-0.2, -0.15) is 5.26 Å². The molecule has 3 aromatic rings. The highest BCUT2D eigenvalue weighted by Crippen LogP contribution is 2.19. The number of carbonyl (C=O) groups is 1. The van der Waals surface area contributed by atoms with Crippen molar-refractivity contribution in [3.05, 3.63) is 96.2 Å². The fourth-order valence-electron chi connectivity index (χ4n) is 3.48. The minimum Gasteiger partial charge on any atom is -0.348 e. The Hall–Kier alpha value is -3.70. The van der Waals surface area contributed by atoms with Gasteiger partial charge in [-0.05, 0) is 44.0 Å². The number of nitriles is 1. The van der Waals surface area contributed by atoms with Crippen LogP contribution in [0.4, 0.5) is 5.69 Å². The van der Waals surface area contributed by atoms with Gasteiger partial charge >= 0.3 is 0 Å². The van der Waals surface area contributed by atoms with Gasteiger partial charge in [0.1, 0.15) is 11.6 Å². The molecule has 31 heavy (non-hydrogen) atoms. The SMILES string of the molecule is Cc1cc(C(=O)Cn2cc([N+](=O)[O-])cc(C#N)c2=O)c(C)n1CCc1ccc(Cl)cc1. The number of pyridine rings is 1. The van der Waals surface area contributed by atoms with Crippen molar-refractivity contribution in [1.82, 2.24) is 9.13 Å². The summed E-state index contributed by atoms with van der Waals surface area (Å²) in [7, 11) is 0. The van der Waals surface area contributed by atoms with Gasteiger partial charge in [0, 0.05) is 34.6 Å². The van der Waals surface area contributed by atoms with Crippen LogP contribution in [0.1, 0.15) is 32.9 Å². The van der Waals surface area contributed by atoms with Crippen LogP contribution in [-0.2, 0) is 19.5 Å². The zero-order valence-electron chi connectivity index (χ0n) is 17.0. The second-order valence-corrected chi connectivity index (χ2v) is 7.59. The van der Waals surface area contributed by atoms with Crippen LogP contribution in [0.15, 0.2) is 47.4 Å². The van der Waals surface area contributed by atoms with Crippen LogP contribution in [0.5, 0.6) is 0 Å². The first-order valence-corrected chi connectivity index (χ1v) is 9.82. The molecule has 0 amide bonds. The van der Waals surface area contributed by atoms with Crippen LogP contribution in [0.3, 0.4) is 0 Å². The van der Waals surface area contributed by atoms with Crippen LogP contribution >= 0.6 is 11.6 Å². The highest BCUT2D eigenvalue weighted by atomic mass is 35.5. The van der Waals surface area contributed by atoms with Gasteiger partial charge in [-0.3, -0.25) is 24.3 Å². The number of benzene rings is 1. The number of aryl methyl sites for hydroxylation is 2. The zero-order chi connectivity index (χ0) is 22.7. The first-order valence-electron chi connectivity index (χ1n) is 9.44. The van der Waals surface area contributed by atoms with E-state index >= 15 is 0 Å². The first-order chi connectivity index (χ1) is 14.7. The van der Waals surface area contributed by atoms with Gasteiger partial charge < -0.3 is 4.57 Å². The van der Waals surface area contributed by atoms with Crippen molar-refractivity contribution in [3.63, 3.8) is 0 Å². The van der Waals surface area contributed by atoms with Crippen molar-refractivity contribution in [2.45, 2.75) is 33.4 Å². The quantitative estimate of drug-likeness (QED) is 0.316. The molecule has 0 aliphatic carbocycles. The molecule has 0 unspecified atom stereocenters. The number of halogens is 1. The predicted molar refractivity (Wildman–Crippen MR) is 115 cm³/mol. The molecule has 0 fully saturated rings. The predicted octanol–water partition coefficient (Wildman–Crippen LogP) is 3.83. The summed E-state index contributed by atoms with van der Waals surface area (Å²) >= 11 is 5.92. The minimum absolute atomic E-state index is 0.364. The normalized spacial score (nSPS) is 10.6. The number of hydrogen-bond donors (Lipinski definition) is 0. The third-order valence-electron chi connectivity index (χ3n) is 5.13. The standard InChI is InChI=1S/C22H19ClN4O4/c1-14-9-20(15(2)26(14)8-7-16-3-5-18(23)6-4-16)21(28)13-25-12-19(27(30)31)10-17(11-24)22(25)29/h3-6,9-10,12H,7-8,13H2,1-2H3. The van der Waals surface area contributed by atoms with E-state index in [2.05, 4.69) is 0 Å². The number of Topliss-reactive ketones (excluding diaryl/α,β-unsaturated/α-hetero) is 1. The molecule has 2 heterocycles. The number of carbonyl (C=O) groups excluding carboxylic acids is 1. The molecule has 8 nitrogen and oxygen atoms in total. The summed E-state index contributed by atoms with van der Waals surface area (Å²) in [6.45, 7) is 3.97. The highest BCUT2D eigenvalue weighted by molar-refractivity contribution is 6.30. The summed E-state index contributed by atoms with van der Waals surface area (Å²) in [5.41, 5.74) is 1.64. The molecule has 0 atom stereocenters. The van der Waals surface area contributed by atoms with Crippen LogP contribution < -0.4 is 5.56 Å². The summed E-state index contributed by atoms with van der Waals surface area (Å²) in [5, 5.41) is 20.8. The third kappa shape index (κ3) is 4.73. The van der Waals surface area contributed by atoms with E-state index in [1.54, 1.807) is 12.1 Å². The first kappa shape index (κ1) is 22.0. The fourth-order valence-corrected chi connectivity index (χ4v) is 3.60. The molecule has 0 N–H and O–H groups in total. The smallest absolute Gasteiger partial charge is 0.287 e. The molecule has 3 rings (SSSR count). The van der Waals surface area contributed by atoms with Crippen LogP contribution in [0.2, 0.25) is 5.02 Å². The van der Waals surface area contributed by atoms with Gasteiger partial charge in [-0.25, -0.2) is 0 Å². The fraction of sp³-hybridized carbons (Fsp3) is 0.227. The third-order valence-corrected chi connectivity index (χ3v) is 5.38. The van der Waals surface area contributed by atoms with E-state index in [4.69, 9.17) is 16.9 Å². The topological polar surface area (TPSA) is 111 Å². The van der Waals surface area contributed by atoms with E-state index in [1.807, 2.05) is 42.7 Å². The molecule has 0 aliphatic rings. The monoisotopic (exact) mass is 438 g/mol. The highest BCUT2D eigenvalue weighted by Gasteiger charge is 2.19. The van der Waals surface area contributed by atoms with Gasteiger partial charge in [-0.15, -0.1) is 0 Å². The molecular weight excluding hydrogens is 420 g/mol. The van der Waals surface area contributed by atoms with Crippen LogP contribution in [0, 0.1) is 35.3 Å².